The Kier molecular flexibility index (Phi) is 8.46. The summed E-state index contributed by atoms with van der Waals surface area (Å²) in [4.78, 5) is 43.2. The van der Waals surface area contributed by atoms with Gasteiger partial charge in [0.25, 0.3) is 5.91 Å². The Hall–Kier alpha value is -3.90. The summed E-state index contributed by atoms with van der Waals surface area (Å²) in [5.74, 6) is -10.9. The van der Waals surface area contributed by atoms with Crippen LogP contribution in [0.4, 0.5) is 32.0 Å². The van der Waals surface area contributed by atoms with Crippen molar-refractivity contribution >= 4 is 29.1 Å². The van der Waals surface area contributed by atoms with E-state index in [0.717, 1.165) is 11.6 Å². The lowest BCUT2D eigenvalue weighted by atomic mass is 9.72. The van der Waals surface area contributed by atoms with Crippen molar-refractivity contribution in [1.29, 1.82) is 0 Å². The van der Waals surface area contributed by atoms with E-state index in [1.165, 1.54) is 12.1 Å². The fourth-order valence-corrected chi connectivity index (χ4v) is 5.28. The summed E-state index contributed by atoms with van der Waals surface area (Å²) >= 11 is 0. The number of benzene rings is 2. The van der Waals surface area contributed by atoms with Gasteiger partial charge in [-0.15, -0.1) is 0 Å². The summed E-state index contributed by atoms with van der Waals surface area (Å²) in [6.07, 6.45) is -10.2. The molecule has 1 aliphatic carbocycles. The van der Waals surface area contributed by atoms with Gasteiger partial charge in [0.2, 0.25) is 23.9 Å². The highest BCUT2D eigenvalue weighted by Crippen LogP contribution is 2.46. The van der Waals surface area contributed by atoms with Crippen LogP contribution >= 0.6 is 0 Å². The predicted octanol–water partition coefficient (Wildman–Crippen LogP) is 4.86. The van der Waals surface area contributed by atoms with Crippen molar-refractivity contribution in [1.82, 2.24) is 5.32 Å². The Balaban J connectivity index is 1.69. The van der Waals surface area contributed by atoms with Crippen LogP contribution in [0, 0.1) is 30.5 Å². The van der Waals surface area contributed by atoms with Crippen molar-refractivity contribution in [3.05, 3.63) is 65.0 Å². The number of alkyl halides is 5. The van der Waals surface area contributed by atoms with Crippen molar-refractivity contribution in [3.8, 4) is 0 Å². The van der Waals surface area contributed by atoms with E-state index in [1.54, 1.807) is 31.2 Å². The topological polar surface area (TPSA) is 114 Å². The maximum absolute atomic E-state index is 14.8. The van der Waals surface area contributed by atoms with E-state index in [2.05, 4.69) is 15.6 Å². The van der Waals surface area contributed by atoms with E-state index in [4.69, 9.17) is 5.73 Å². The number of aryl methyl sites for hydroxylation is 1. The number of rotatable bonds is 9. The molecular weight excluding hydrogens is 554 g/mol. The molecule has 3 atom stereocenters. The monoisotopic (exact) mass is 582 g/mol. The van der Waals surface area contributed by atoms with Crippen molar-refractivity contribution in [2.45, 2.75) is 57.3 Å². The Labute approximate surface area is 231 Å². The highest BCUT2D eigenvalue weighted by Gasteiger charge is 2.48. The number of nitrogens with zero attached hydrogens (tertiary/aromatic N) is 1. The first-order valence-corrected chi connectivity index (χ1v) is 12.9. The molecule has 3 amide bonds. The maximum atomic E-state index is 14.8. The molecule has 2 aromatic rings. The molecule has 1 fully saturated rings. The maximum Gasteiger partial charge on any atom is 0.389 e. The number of nitrogens with one attached hydrogen (secondary N) is 2. The lowest BCUT2D eigenvalue weighted by Crippen LogP contribution is -2.49. The fourth-order valence-electron chi connectivity index (χ4n) is 5.28. The van der Waals surface area contributed by atoms with Crippen LogP contribution in [0.3, 0.4) is 0 Å². The SMILES string of the molecule is Cc1cccc(C2=N[C@H](NC(=O)[C@@H](CC3CC(F)(F)C3)[C@@H](CCC(F)(F)F)C(N)=O)C(=O)Nc3c(F)cccc32)c1. The van der Waals surface area contributed by atoms with Gasteiger partial charge in [-0.05, 0) is 37.8 Å². The summed E-state index contributed by atoms with van der Waals surface area (Å²) < 4.78 is 80.8. The zero-order chi connectivity index (χ0) is 30.1. The fraction of sp³-hybridized carbons (Fsp3) is 0.429. The first-order valence-electron chi connectivity index (χ1n) is 12.9. The molecule has 1 heterocycles. The average Bonchev–Trinajstić information content (AvgIpc) is 2.98. The van der Waals surface area contributed by atoms with Crippen LogP contribution in [0.2, 0.25) is 0 Å². The third kappa shape index (κ3) is 7.25. The van der Waals surface area contributed by atoms with Crippen LogP contribution in [0.1, 0.15) is 48.8 Å². The molecule has 1 saturated carbocycles. The van der Waals surface area contributed by atoms with Gasteiger partial charge in [-0.25, -0.2) is 18.2 Å². The number of halogens is 6. The van der Waals surface area contributed by atoms with Crippen molar-refractivity contribution in [3.63, 3.8) is 0 Å². The molecule has 0 radical (unpaired) electrons. The smallest absolute Gasteiger partial charge is 0.369 e. The minimum Gasteiger partial charge on any atom is -0.369 e. The normalized spacial score (nSPS) is 20.0. The number of anilines is 1. The minimum atomic E-state index is -4.66. The summed E-state index contributed by atoms with van der Waals surface area (Å²) in [6, 6.07) is 10.9. The van der Waals surface area contributed by atoms with Gasteiger partial charge in [-0.3, -0.25) is 14.4 Å². The Morgan fingerprint density at radius 1 is 1.15 bits per heavy atom. The number of amides is 3. The number of nitrogens with two attached hydrogens (primary N) is 1. The zero-order valence-corrected chi connectivity index (χ0v) is 21.9. The van der Waals surface area contributed by atoms with Gasteiger partial charge in [0.15, 0.2) is 0 Å². The first-order chi connectivity index (χ1) is 19.1. The van der Waals surface area contributed by atoms with E-state index in [1.807, 2.05) is 0 Å². The summed E-state index contributed by atoms with van der Waals surface area (Å²) in [5.41, 5.74) is 6.86. The van der Waals surface area contributed by atoms with Gasteiger partial charge in [-0.2, -0.15) is 13.2 Å². The molecule has 0 unspecified atom stereocenters. The van der Waals surface area contributed by atoms with Gasteiger partial charge in [0, 0.05) is 42.2 Å². The van der Waals surface area contributed by atoms with Crippen molar-refractivity contribution in [2.24, 2.45) is 28.5 Å². The molecule has 1 aliphatic heterocycles. The second-order valence-electron chi connectivity index (χ2n) is 10.5. The van der Waals surface area contributed by atoms with Gasteiger partial charge >= 0.3 is 6.18 Å². The summed E-state index contributed by atoms with van der Waals surface area (Å²) in [7, 11) is 0. The van der Waals surface area contributed by atoms with E-state index in [0.29, 0.717) is 5.56 Å². The van der Waals surface area contributed by atoms with Crippen LogP contribution < -0.4 is 16.4 Å². The molecule has 7 nitrogen and oxygen atoms in total. The first kappa shape index (κ1) is 30.1. The van der Waals surface area contributed by atoms with Gasteiger partial charge in [-0.1, -0.05) is 35.9 Å². The highest BCUT2D eigenvalue weighted by atomic mass is 19.4. The van der Waals surface area contributed by atoms with Gasteiger partial charge in [0.1, 0.15) is 5.82 Å². The Morgan fingerprint density at radius 3 is 2.44 bits per heavy atom. The number of para-hydroxylation sites is 1. The number of carbonyl (C=O) groups is 3. The number of aliphatic imine (C=N–C) groups is 1. The molecule has 4 rings (SSSR count). The third-order valence-electron chi connectivity index (χ3n) is 7.28. The average molecular weight is 583 g/mol. The third-order valence-corrected chi connectivity index (χ3v) is 7.28. The second-order valence-corrected chi connectivity index (χ2v) is 10.5. The van der Waals surface area contributed by atoms with E-state index < -0.39 is 85.2 Å². The number of hydrogen-bond acceptors (Lipinski definition) is 4. The van der Waals surface area contributed by atoms with Crippen molar-refractivity contribution in [2.75, 3.05) is 5.32 Å². The van der Waals surface area contributed by atoms with Crippen LogP contribution in [0.5, 0.6) is 0 Å². The standard InChI is InChI=1S/C28H28F6N4O3/c1-14-4-2-5-16(10-14)21-18-6-3-7-20(29)22(18)37-26(41)24(36-21)38-25(40)19(11-15-12-27(30,31)13-15)17(23(35)39)8-9-28(32,33)34/h2-7,10,15,17,19,24H,8-9,11-13H2,1H3,(H2,35,39)(H,37,41)(H,38,40)/t17-,19+,24-/m1/s1. The molecular formula is C28H28F6N4O3. The molecule has 0 spiro atoms. The second kappa shape index (κ2) is 11.5. The highest BCUT2D eigenvalue weighted by molar-refractivity contribution is 6.20. The van der Waals surface area contributed by atoms with E-state index in [-0.39, 0.29) is 23.4 Å². The number of primary amides is 1. The molecule has 2 aliphatic rings. The van der Waals surface area contributed by atoms with Crippen LogP contribution in [-0.4, -0.2) is 41.7 Å². The van der Waals surface area contributed by atoms with Gasteiger partial charge < -0.3 is 16.4 Å². The largest absolute Gasteiger partial charge is 0.389 e. The van der Waals surface area contributed by atoms with Crippen LogP contribution in [0.15, 0.2) is 47.5 Å². The number of fused-ring (bicyclic) bond motifs is 1. The summed E-state index contributed by atoms with van der Waals surface area (Å²) in [5, 5.41) is 4.73. The van der Waals surface area contributed by atoms with E-state index in [9.17, 15) is 40.7 Å². The molecule has 0 saturated heterocycles. The van der Waals surface area contributed by atoms with Crippen LogP contribution in [-0.2, 0) is 14.4 Å². The number of benzodiazepines with no additional fused rings is 1. The molecule has 41 heavy (non-hydrogen) atoms. The molecule has 0 bridgehead atoms. The van der Waals surface area contributed by atoms with E-state index >= 15 is 0 Å². The Bertz CT molecular complexity index is 1370. The summed E-state index contributed by atoms with van der Waals surface area (Å²) in [6.45, 7) is 1.80. The molecule has 220 valence electrons. The van der Waals surface area contributed by atoms with Crippen molar-refractivity contribution < 1.29 is 40.7 Å². The molecule has 2 aromatic carbocycles. The molecule has 0 aromatic heterocycles. The number of carbonyl (C=O) groups excluding carboxylic acids is 3. The molecule has 13 heteroatoms. The lowest BCUT2D eigenvalue weighted by molar-refractivity contribution is -0.149. The minimum absolute atomic E-state index is 0.144. The Morgan fingerprint density at radius 2 is 1.83 bits per heavy atom. The lowest BCUT2D eigenvalue weighted by Gasteiger charge is -2.38. The molecule has 4 N–H and O–H groups in total. The number of hydrogen-bond donors (Lipinski definition) is 3. The quantitative estimate of drug-likeness (QED) is 0.367. The zero-order valence-electron chi connectivity index (χ0n) is 21.9. The van der Waals surface area contributed by atoms with Crippen LogP contribution in [0.25, 0.3) is 0 Å². The van der Waals surface area contributed by atoms with Gasteiger partial charge in [0.05, 0.1) is 11.4 Å². The predicted molar refractivity (Wildman–Crippen MR) is 138 cm³/mol.